The van der Waals surface area contributed by atoms with Crippen LogP contribution in [0.15, 0.2) is 60.8 Å². The second-order valence-electron chi connectivity index (χ2n) is 7.53. The molecule has 0 radical (unpaired) electrons. The summed E-state index contributed by atoms with van der Waals surface area (Å²) in [5.41, 5.74) is 6.50. The summed E-state index contributed by atoms with van der Waals surface area (Å²) in [6.07, 6.45) is 2.73. The summed E-state index contributed by atoms with van der Waals surface area (Å²) in [5, 5.41) is 6.43. The Bertz CT molecular complexity index is 1070. The number of fused-ring (bicyclic) bond motifs is 1. The van der Waals surface area contributed by atoms with Gasteiger partial charge in [0, 0.05) is 31.6 Å². The van der Waals surface area contributed by atoms with E-state index in [1.807, 2.05) is 43.3 Å². The van der Waals surface area contributed by atoms with Crippen molar-refractivity contribution in [3.63, 3.8) is 0 Å². The van der Waals surface area contributed by atoms with Crippen molar-refractivity contribution in [3.8, 4) is 0 Å². The molecule has 0 bridgehead atoms. The zero-order valence-electron chi connectivity index (χ0n) is 18.1. The minimum absolute atomic E-state index is 0.165. The van der Waals surface area contributed by atoms with Crippen LogP contribution in [-0.2, 0) is 17.5 Å². The minimum Gasteiger partial charge on any atom is -0.354 e. The molecule has 1 aliphatic rings. The fourth-order valence-electron chi connectivity index (χ4n) is 3.77. The molecule has 1 aromatic heterocycles. The van der Waals surface area contributed by atoms with E-state index in [9.17, 15) is 4.79 Å². The molecule has 0 spiro atoms. The van der Waals surface area contributed by atoms with Gasteiger partial charge in [-0.05, 0) is 55.4 Å². The van der Waals surface area contributed by atoms with Gasteiger partial charge >= 0.3 is 0 Å². The molecule has 2 N–H and O–H groups in total. The zero-order valence-corrected chi connectivity index (χ0v) is 18.9. The predicted molar refractivity (Wildman–Crippen MR) is 127 cm³/mol. The first-order chi connectivity index (χ1) is 15.0. The number of carbonyl (C=O) groups is 1. The summed E-state index contributed by atoms with van der Waals surface area (Å²) < 4.78 is 7.94. The van der Waals surface area contributed by atoms with Crippen molar-refractivity contribution in [3.05, 3.63) is 83.2 Å². The molecular formula is C24H27N4O2P. The number of carbonyl (C=O) groups excluding carboxylic acids is 1. The molecule has 6 nitrogen and oxygen atoms in total. The third-order valence-electron chi connectivity index (χ3n) is 5.55. The number of aromatic nitrogens is 1. The van der Waals surface area contributed by atoms with E-state index in [-0.39, 0.29) is 5.91 Å². The zero-order chi connectivity index (χ0) is 21.8. The fourth-order valence-corrected chi connectivity index (χ4v) is 4.74. The number of amides is 1. The van der Waals surface area contributed by atoms with Gasteiger partial charge < -0.3 is 15.2 Å². The van der Waals surface area contributed by atoms with Crippen molar-refractivity contribution in [2.75, 3.05) is 31.0 Å². The standard InChI is InChI=1S/C24H27N4O2P/c1-17-22(24(29)27-19-9-5-4-6-10-19)14-20(15-25-17)26-23-11-7-8-18-16-28(31(3)30-2)13-12-21(18)23/h4-11,14-15,26H,12-13,16H2,1-3H3,(H,27,29). The van der Waals surface area contributed by atoms with Gasteiger partial charge in [0.2, 0.25) is 0 Å². The van der Waals surface area contributed by atoms with Crippen LogP contribution in [0, 0.1) is 6.92 Å². The molecule has 2 aromatic carbocycles. The Morgan fingerprint density at radius 2 is 1.94 bits per heavy atom. The van der Waals surface area contributed by atoms with Crippen LogP contribution in [0.5, 0.6) is 0 Å². The topological polar surface area (TPSA) is 66.5 Å². The molecule has 0 saturated carbocycles. The molecule has 0 fully saturated rings. The Morgan fingerprint density at radius 1 is 1.13 bits per heavy atom. The van der Waals surface area contributed by atoms with Gasteiger partial charge in [0.25, 0.3) is 5.91 Å². The van der Waals surface area contributed by atoms with Crippen molar-refractivity contribution in [2.24, 2.45) is 0 Å². The van der Waals surface area contributed by atoms with Gasteiger partial charge in [-0.25, -0.2) is 0 Å². The number of para-hydroxylation sites is 1. The molecular weight excluding hydrogens is 407 g/mol. The normalized spacial score (nSPS) is 14.5. The maximum Gasteiger partial charge on any atom is 0.257 e. The molecule has 0 saturated heterocycles. The lowest BCUT2D eigenvalue weighted by molar-refractivity contribution is 0.102. The Labute approximate surface area is 184 Å². The van der Waals surface area contributed by atoms with E-state index < -0.39 is 8.30 Å². The number of rotatable bonds is 6. The van der Waals surface area contributed by atoms with Crippen LogP contribution in [0.4, 0.5) is 17.1 Å². The van der Waals surface area contributed by atoms with Crippen LogP contribution in [0.1, 0.15) is 27.2 Å². The van der Waals surface area contributed by atoms with Crippen molar-refractivity contribution < 1.29 is 9.32 Å². The van der Waals surface area contributed by atoms with E-state index in [0.717, 1.165) is 36.6 Å². The van der Waals surface area contributed by atoms with Crippen molar-refractivity contribution in [1.29, 1.82) is 0 Å². The predicted octanol–water partition coefficient (Wildman–Crippen LogP) is 5.33. The maximum atomic E-state index is 12.8. The molecule has 31 heavy (non-hydrogen) atoms. The van der Waals surface area contributed by atoms with Gasteiger partial charge in [0.05, 0.1) is 23.1 Å². The minimum atomic E-state index is -0.557. The first-order valence-corrected chi connectivity index (χ1v) is 11.9. The summed E-state index contributed by atoms with van der Waals surface area (Å²) in [6.45, 7) is 5.85. The van der Waals surface area contributed by atoms with E-state index in [2.05, 4.69) is 45.2 Å². The van der Waals surface area contributed by atoms with Gasteiger partial charge in [-0.3, -0.25) is 14.4 Å². The fraction of sp³-hybridized carbons (Fsp3) is 0.250. The third-order valence-corrected chi connectivity index (χ3v) is 7.22. The van der Waals surface area contributed by atoms with Crippen LogP contribution >= 0.6 is 8.30 Å². The largest absolute Gasteiger partial charge is 0.354 e. The van der Waals surface area contributed by atoms with Crippen LogP contribution in [0.3, 0.4) is 0 Å². The molecule has 2 heterocycles. The number of anilines is 3. The Kier molecular flexibility index (Phi) is 6.62. The summed E-state index contributed by atoms with van der Waals surface area (Å²) in [6, 6.07) is 17.7. The second kappa shape index (κ2) is 9.56. The van der Waals surface area contributed by atoms with Crippen LogP contribution < -0.4 is 10.6 Å². The highest BCUT2D eigenvalue weighted by Crippen LogP contribution is 2.41. The Hall–Kier alpha value is -2.79. The number of aryl methyl sites for hydroxylation is 1. The molecule has 160 valence electrons. The average molecular weight is 434 g/mol. The number of pyridine rings is 1. The lowest BCUT2D eigenvalue weighted by Crippen LogP contribution is -2.27. The number of hydrogen-bond acceptors (Lipinski definition) is 5. The highest BCUT2D eigenvalue weighted by molar-refractivity contribution is 7.49. The highest BCUT2D eigenvalue weighted by Gasteiger charge is 2.22. The highest BCUT2D eigenvalue weighted by atomic mass is 31.2. The Balaban J connectivity index is 1.54. The summed E-state index contributed by atoms with van der Waals surface area (Å²) in [5.74, 6) is -0.165. The van der Waals surface area contributed by atoms with Gasteiger partial charge in [-0.2, -0.15) is 0 Å². The second-order valence-corrected chi connectivity index (χ2v) is 9.39. The maximum absolute atomic E-state index is 12.8. The number of nitrogens with zero attached hydrogens (tertiary/aromatic N) is 2. The average Bonchev–Trinajstić information content (AvgIpc) is 2.80. The molecule has 0 aliphatic carbocycles. The SMILES string of the molecule is COP(C)N1CCc2c(cccc2Nc2cnc(C)c(C(=O)Nc3ccccc3)c2)C1. The van der Waals surface area contributed by atoms with Crippen LogP contribution in [0.25, 0.3) is 0 Å². The lowest BCUT2D eigenvalue weighted by atomic mass is 9.99. The summed E-state index contributed by atoms with van der Waals surface area (Å²) in [7, 11) is 1.22. The van der Waals surface area contributed by atoms with Gasteiger partial charge in [-0.1, -0.05) is 30.3 Å². The molecule has 4 rings (SSSR count). The molecule has 3 aromatic rings. The number of nitrogens with one attached hydrogen (secondary N) is 2. The Morgan fingerprint density at radius 3 is 2.71 bits per heavy atom. The first-order valence-electron chi connectivity index (χ1n) is 10.3. The monoisotopic (exact) mass is 434 g/mol. The van der Waals surface area contributed by atoms with Crippen molar-refractivity contribution in [2.45, 2.75) is 19.9 Å². The van der Waals surface area contributed by atoms with E-state index in [4.69, 9.17) is 4.52 Å². The van der Waals surface area contributed by atoms with Crippen molar-refractivity contribution >= 4 is 31.3 Å². The van der Waals surface area contributed by atoms with E-state index >= 15 is 0 Å². The summed E-state index contributed by atoms with van der Waals surface area (Å²) in [4.78, 5) is 17.3. The molecule has 1 amide bonds. The molecule has 1 unspecified atom stereocenters. The molecule has 7 heteroatoms. The van der Waals surface area contributed by atoms with Gasteiger partial charge in [-0.15, -0.1) is 0 Å². The first kappa shape index (κ1) is 21.4. The smallest absolute Gasteiger partial charge is 0.257 e. The quantitative estimate of drug-likeness (QED) is 0.513. The summed E-state index contributed by atoms with van der Waals surface area (Å²) >= 11 is 0. The van der Waals surface area contributed by atoms with Crippen LogP contribution in [-0.4, -0.2) is 35.9 Å². The van der Waals surface area contributed by atoms with Gasteiger partial charge in [0.15, 0.2) is 0 Å². The third kappa shape index (κ3) is 4.93. The number of benzene rings is 2. The van der Waals surface area contributed by atoms with Crippen LogP contribution in [0.2, 0.25) is 0 Å². The van der Waals surface area contributed by atoms with Gasteiger partial charge in [0.1, 0.15) is 8.30 Å². The molecule has 1 aliphatic heterocycles. The van der Waals surface area contributed by atoms with Crippen molar-refractivity contribution in [1.82, 2.24) is 9.65 Å². The molecule has 1 atom stereocenters. The number of hydrogen-bond donors (Lipinski definition) is 2. The van der Waals surface area contributed by atoms with E-state index in [1.165, 1.54) is 11.1 Å². The van der Waals surface area contributed by atoms with E-state index in [0.29, 0.717) is 11.3 Å². The lowest BCUT2D eigenvalue weighted by Gasteiger charge is -2.33. The van der Waals surface area contributed by atoms with E-state index in [1.54, 1.807) is 13.3 Å².